The topological polar surface area (TPSA) is 104 Å². The van der Waals surface area contributed by atoms with Crippen molar-refractivity contribution in [1.82, 2.24) is 15.3 Å². The minimum absolute atomic E-state index is 0.390. The highest BCUT2D eigenvalue weighted by atomic mass is 32.1. The molecule has 1 aromatic carbocycles. The zero-order chi connectivity index (χ0) is 16.9. The molecule has 3 aromatic rings. The normalized spacial score (nSPS) is 11.9. The SMILES string of the molecule is O=C(N[C@@H](CO)C(=O)Nc1nccs1)c1ccnc2ccccc12. The molecule has 7 nitrogen and oxygen atoms in total. The number of amides is 2. The van der Waals surface area contributed by atoms with Crippen LogP contribution in [0.25, 0.3) is 10.9 Å². The number of hydrogen-bond donors (Lipinski definition) is 3. The largest absolute Gasteiger partial charge is 0.394 e. The summed E-state index contributed by atoms with van der Waals surface area (Å²) in [6.45, 7) is -0.522. The van der Waals surface area contributed by atoms with E-state index in [0.717, 1.165) is 0 Å². The second-order valence-corrected chi connectivity index (χ2v) is 5.81. The number of fused-ring (bicyclic) bond motifs is 1. The van der Waals surface area contributed by atoms with Gasteiger partial charge in [0, 0.05) is 23.2 Å². The average molecular weight is 342 g/mol. The molecule has 122 valence electrons. The summed E-state index contributed by atoms with van der Waals surface area (Å²) >= 11 is 1.25. The number of rotatable bonds is 5. The number of nitrogens with zero attached hydrogens (tertiary/aromatic N) is 2. The maximum atomic E-state index is 12.5. The number of aromatic nitrogens is 2. The standard InChI is InChI=1S/C16H14N4O3S/c21-9-13(15(23)20-16-18-7-8-24-16)19-14(22)11-5-6-17-12-4-2-1-3-10(11)12/h1-8,13,21H,9H2,(H,19,22)(H,18,20,23)/t13-/m0/s1. The van der Waals surface area contributed by atoms with Gasteiger partial charge in [-0.2, -0.15) is 0 Å². The lowest BCUT2D eigenvalue weighted by atomic mass is 10.1. The second-order valence-electron chi connectivity index (χ2n) is 4.91. The van der Waals surface area contributed by atoms with Gasteiger partial charge in [0.25, 0.3) is 11.8 Å². The van der Waals surface area contributed by atoms with Gasteiger partial charge in [-0.25, -0.2) is 4.98 Å². The molecule has 0 aliphatic carbocycles. The molecule has 2 heterocycles. The molecule has 0 aliphatic rings. The summed E-state index contributed by atoms with van der Waals surface area (Å²) in [6.07, 6.45) is 3.08. The number of aliphatic hydroxyl groups is 1. The summed E-state index contributed by atoms with van der Waals surface area (Å²) in [6, 6.07) is 7.71. The first-order valence-corrected chi connectivity index (χ1v) is 8.03. The van der Waals surface area contributed by atoms with E-state index in [2.05, 4.69) is 20.6 Å². The molecule has 0 saturated carbocycles. The van der Waals surface area contributed by atoms with Crippen molar-refractivity contribution in [2.75, 3.05) is 11.9 Å². The van der Waals surface area contributed by atoms with Crippen LogP contribution in [0.1, 0.15) is 10.4 Å². The molecule has 2 aromatic heterocycles. The molecule has 0 spiro atoms. The molecule has 3 rings (SSSR count). The number of anilines is 1. The maximum Gasteiger partial charge on any atom is 0.252 e. The summed E-state index contributed by atoms with van der Waals surface area (Å²) < 4.78 is 0. The van der Waals surface area contributed by atoms with E-state index in [-0.39, 0.29) is 0 Å². The van der Waals surface area contributed by atoms with Gasteiger partial charge in [0.1, 0.15) is 6.04 Å². The van der Waals surface area contributed by atoms with Crippen molar-refractivity contribution in [1.29, 1.82) is 0 Å². The van der Waals surface area contributed by atoms with Crippen molar-refractivity contribution in [2.45, 2.75) is 6.04 Å². The number of para-hydroxylation sites is 1. The quantitative estimate of drug-likeness (QED) is 0.650. The molecule has 0 saturated heterocycles. The Balaban J connectivity index is 1.77. The Bertz CT molecular complexity index is 861. The van der Waals surface area contributed by atoms with Crippen LogP contribution in [-0.2, 0) is 4.79 Å². The van der Waals surface area contributed by atoms with Crippen LogP contribution in [-0.4, -0.2) is 39.5 Å². The number of carbonyl (C=O) groups excluding carboxylic acids is 2. The molecular formula is C16H14N4O3S. The average Bonchev–Trinajstić information content (AvgIpc) is 3.11. The fourth-order valence-corrected chi connectivity index (χ4v) is 2.73. The number of aliphatic hydroxyl groups excluding tert-OH is 1. The van der Waals surface area contributed by atoms with Gasteiger partial charge in [0.05, 0.1) is 17.7 Å². The molecule has 0 aliphatic heterocycles. The molecule has 8 heteroatoms. The monoisotopic (exact) mass is 342 g/mol. The van der Waals surface area contributed by atoms with Crippen molar-refractivity contribution in [3.05, 3.63) is 53.7 Å². The number of benzene rings is 1. The summed E-state index contributed by atoms with van der Waals surface area (Å²) in [5.74, 6) is -0.985. The zero-order valence-electron chi connectivity index (χ0n) is 12.5. The van der Waals surface area contributed by atoms with E-state index < -0.39 is 24.5 Å². The van der Waals surface area contributed by atoms with Crippen molar-refractivity contribution < 1.29 is 14.7 Å². The van der Waals surface area contributed by atoms with Crippen LogP contribution >= 0.6 is 11.3 Å². The molecule has 3 N–H and O–H groups in total. The van der Waals surface area contributed by atoms with Gasteiger partial charge in [0.2, 0.25) is 0 Å². The van der Waals surface area contributed by atoms with E-state index in [9.17, 15) is 14.7 Å². The highest BCUT2D eigenvalue weighted by Crippen LogP contribution is 2.16. The predicted octanol–water partition coefficient (Wildman–Crippen LogP) is 1.42. The van der Waals surface area contributed by atoms with Crippen LogP contribution in [0.4, 0.5) is 5.13 Å². The molecule has 24 heavy (non-hydrogen) atoms. The van der Waals surface area contributed by atoms with Gasteiger partial charge in [-0.1, -0.05) is 18.2 Å². The number of nitrogens with one attached hydrogen (secondary N) is 2. The molecule has 0 bridgehead atoms. The van der Waals surface area contributed by atoms with Crippen molar-refractivity contribution >= 4 is 39.2 Å². The third-order valence-corrected chi connectivity index (χ3v) is 4.05. The third-order valence-electron chi connectivity index (χ3n) is 3.36. The Morgan fingerprint density at radius 2 is 2.00 bits per heavy atom. The van der Waals surface area contributed by atoms with E-state index in [4.69, 9.17) is 0 Å². The minimum atomic E-state index is -1.08. The summed E-state index contributed by atoms with van der Waals surface area (Å²) in [5, 5.41) is 17.3. The first-order chi connectivity index (χ1) is 11.7. The van der Waals surface area contributed by atoms with Crippen LogP contribution in [0.2, 0.25) is 0 Å². The maximum absolute atomic E-state index is 12.5. The van der Waals surface area contributed by atoms with Crippen molar-refractivity contribution in [3.63, 3.8) is 0 Å². The summed E-state index contributed by atoms with van der Waals surface area (Å²) in [4.78, 5) is 32.8. The van der Waals surface area contributed by atoms with Crippen LogP contribution < -0.4 is 10.6 Å². The lowest BCUT2D eigenvalue weighted by molar-refractivity contribution is -0.118. The Morgan fingerprint density at radius 3 is 2.75 bits per heavy atom. The molecule has 0 radical (unpaired) electrons. The first kappa shape index (κ1) is 16.0. The fourth-order valence-electron chi connectivity index (χ4n) is 2.20. The fraction of sp³-hybridized carbons (Fsp3) is 0.125. The molecule has 0 fully saturated rings. The molecule has 0 unspecified atom stereocenters. The Kier molecular flexibility index (Phi) is 4.78. The van der Waals surface area contributed by atoms with E-state index in [1.807, 2.05) is 6.07 Å². The van der Waals surface area contributed by atoms with E-state index in [1.165, 1.54) is 17.5 Å². The first-order valence-electron chi connectivity index (χ1n) is 7.15. The van der Waals surface area contributed by atoms with Gasteiger partial charge in [-0.15, -0.1) is 11.3 Å². The number of pyridine rings is 1. The lowest BCUT2D eigenvalue weighted by Gasteiger charge is -2.16. The van der Waals surface area contributed by atoms with E-state index in [0.29, 0.717) is 21.6 Å². The molecule has 1 atom stereocenters. The minimum Gasteiger partial charge on any atom is -0.394 e. The molecular weight excluding hydrogens is 328 g/mol. The Hall–Kier alpha value is -2.84. The van der Waals surface area contributed by atoms with Gasteiger partial charge < -0.3 is 15.7 Å². The van der Waals surface area contributed by atoms with E-state index >= 15 is 0 Å². The zero-order valence-corrected chi connectivity index (χ0v) is 13.3. The van der Waals surface area contributed by atoms with Gasteiger partial charge in [0.15, 0.2) is 5.13 Å². The predicted molar refractivity (Wildman–Crippen MR) is 90.8 cm³/mol. The van der Waals surface area contributed by atoms with E-state index in [1.54, 1.807) is 35.8 Å². The third kappa shape index (κ3) is 3.39. The lowest BCUT2D eigenvalue weighted by Crippen LogP contribution is -2.46. The Labute approximate surface area is 141 Å². The van der Waals surface area contributed by atoms with Crippen LogP contribution in [0.3, 0.4) is 0 Å². The highest BCUT2D eigenvalue weighted by Gasteiger charge is 2.22. The van der Waals surface area contributed by atoms with Gasteiger partial charge in [-0.3, -0.25) is 14.6 Å². The van der Waals surface area contributed by atoms with Crippen molar-refractivity contribution in [2.24, 2.45) is 0 Å². The highest BCUT2D eigenvalue weighted by molar-refractivity contribution is 7.13. The van der Waals surface area contributed by atoms with Crippen LogP contribution in [0, 0.1) is 0 Å². The number of carbonyl (C=O) groups is 2. The smallest absolute Gasteiger partial charge is 0.252 e. The van der Waals surface area contributed by atoms with Gasteiger partial charge >= 0.3 is 0 Å². The van der Waals surface area contributed by atoms with Gasteiger partial charge in [-0.05, 0) is 12.1 Å². The van der Waals surface area contributed by atoms with Crippen LogP contribution in [0.5, 0.6) is 0 Å². The van der Waals surface area contributed by atoms with Crippen LogP contribution in [0.15, 0.2) is 48.1 Å². The van der Waals surface area contributed by atoms with Crippen molar-refractivity contribution in [3.8, 4) is 0 Å². The number of hydrogen-bond acceptors (Lipinski definition) is 6. The number of thiazole rings is 1. The Morgan fingerprint density at radius 1 is 1.17 bits per heavy atom. The molecule has 2 amide bonds. The second kappa shape index (κ2) is 7.16. The summed E-state index contributed by atoms with van der Waals surface area (Å²) in [7, 11) is 0. The summed E-state index contributed by atoms with van der Waals surface area (Å²) in [5.41, 5.74) is 1.07.